The Bertz CT molecular complexity index is 1540. The maximum Gasteiger partial charge on any atom is 0.266 e. The van der Waals surface area contributed by atoms with Crippen molar-refractivity contribution < 1.29 is 9.47 Å². The van der Waals surface area contributed by atoms with Crippen LogP contribution in [-0.4, -0.2) is 33.4 Å². The summed E-state index contributed by atoms with van der Waals surface area (Å²) in [7, 11) is 3.19. The predicted octanol–water partition coefficient (Wildman–Crippen LogP) is 4.68. The number of halogens is 1. The van der Waals surface area contributed by atoms with Crippen LogP contribution in [0.5, 0.6) is 11.5 Å². The van der Waals surface area contributed by atoms with Crippen LogP contribution in [0, 0.1) is 6.92 Å². The van der Waals surface area contributed by atoms with E-state index in [1.807, 2.05) is 37.3 Å². The lowest BCUT2D eigenvalue weighted by molar-refractivity contribution is 0.412. The molecule has 3 heterocycles. The van der Waals surface area contributed by atoms with Crippen molar-refractivity contribution >= 4 is 28.2 Å². The molecule has 0 saturated heterocycles. The molecule has 0 saturated carbocycles. The first-order valence-electron chi connectivity index (χ1n) is 9.90. The van der Waals surface area contributed by atoms with Gasteiger partial charge < -0.3 is 9.47 Å². The number of ether oxygens (including phenoxy) is 2. The maximum absolute atomic E-state index is 13.4. The van der Waals surface area contributed by atoms with E-state index in [1.54, 1.807) is 49.3 Å². The molecule has 8 heteroatoms. The van der Waals surface area contributed by atoms with E-state index in [0.717, 1.165) is 22.6 Å². The van der Waals surface area contributed by atoms with Crippen molar-refractivity contribution in [2.75, 3.05) is 14.2 Å². The van der Waals surface area contributed by atoms with Crippen LogP contribution < -0.4 is 15.0 Å². The largest absolute Gasteiger partial charge is 0.497 e. The molecule has 0 amide bonds. The molecule has 0 atom stereocenters. The molecule has 160 valence electrons. The molecular formula is C24H19ClN4O3. The minimum Gasteiger partial charge on any atom is -0.497 e. The van der Waals surface area contributed by atoms with E-state index in [2.05, 4.69) is 10.1 Å². The lowest BCUT2D eigenvalue weighted by atomic mass is 10.1. The summed E-state index contributed by atoms with van der Waals surface area (Å²) in [5, 5.41) is 5.62. The number of aromatic nitrogens is 4. The second kappa shape index (κ2) is 7.69. The molecule has 0 bridgehead atoms. The van der Waals surface area contributed by atoms with Gasteiger partial charge in [0, 0.05) is 23.0 Å². The lowest BCUT2D eigenvalue weighted by Crippen LogP contribution is -2.19. The Morgan fingerprint density at radius 1 is 1.00 bits per heavy atom. The fourth-order valence-electron chi connectivity index (χ4n) is 3.91. The number of aryl methyl sites for hydroxylation is 1. The van der Waals surface area contributed by atoms with Gasteiger partial charge in [-0.05, 0) is 48.9 Å². The highest BCUT2D eigenvalue weighted by atomic mass is 35.5. The topological polar surface area (TPSA) is 70.7 Å². The third-order valence-electron chi connectivity index (χ3n) is 5.47. The van der Waals surface area contributed by atoms with Crippen LogP contribution in [0.3, 0.4) is 0 Å². The van der Waals surface area contributed by atoms with Crippen molar-refractivity contribution in [3.8, 4) is 28.3 Å². The number of fused-ring (bicyclic) bond motifs is 3. The molecule has 0 radical (unpaired) electrons. The Kier molecular flexibility index (Phi) is 4.83. The minimum atomic E-state index is -0.239. The summed E-state index contributed by atoms with van der Waals surface area (Å²) in [6.45, 7) is 1.93. The fraction of sp³-hybridized carbons (Fsp3) is 0.125. The zero-order valence-electron chi connectivity index (χ0n) is 17.7. The van der Waals surface area contributed by atoms with Crippen LogP contribution in [0.15, 0.2) is 65.7 Å². The van der Waals surface area contributed by atoms with Gasteiger partial charge in [-0.25, -0.2) is 9.50 Å². The first-order valence-corrected chi connectivity index (χ1v) is 10.3. The van der Waals surface area contributed by atoms with Gasteiger partial charge in [0.25, 0.3) is 5.56 Å². The van der Waals surface area contributed by atoms with Crippen LogP contribution in [-0.2, 0) is 0 Å². The third-order valence-corrected chi connectivity index (χ3v) is 5.70. The van der Waals surface area contributed by atoms with E-state index in [0.29, 0.717) is 33.0 Å². The van der Waals surface area contributed by atoms with E-state index in [4.69, 9.17) is 21.1 Å². The second-order valence-corrected chi connectivity index (χ2v) is 7.72. The van der Waals surface area contributed by atoms with Gasteiger partial charge in [-0.3, -0.25) is 9.36 Å². The Balaban J connectivity index is 1.73. The Labute approximate surface area is 188 Å². The first kappa shape index (κ1) is 20.1. The second-order valence-electron chi connectivity index (χ2n) is 7.29. The number of benzene rings is 2. The van der Waals surface area contributed by atoms with Crippen LogP contribution in [0.4, 0.5) is 0 Å². The molecular weight excluding hydrogens is 428 g/mol. The highest BCUT2D eigenvalue weighted by Crippen LogP contribution is 2.30. The van der Waals surface area contributed by atoms with Crippen molar-refractivity contribution in [3.05, 3.63) is 82.0 Å². The van der Waals surface area contributed by atoms with Crippen molar-refractivity contribution in [1.82, 2.24) is 19.2 Å². The van der Waals surface area contributed by atoms with Gasteiger partial charge in [-0.2, -0.15) is 5.10 Å². The molecule has 0 aliphatic carbocycles. The monoisotopic (exact) mass is 446 g/mol. The van der Waals surface area contributed by atoms with Crippen LogP contribution in [0.2, 0.25) is 5.02 Å². The Morgan fingerprint density at radius 2 is 1.78 bits per heavy atom. The maximum atomic E-state index is 13.4. The normalized spacial score (nSPS) is 11.2. The highest BCUT2D eigenvalue weighted by molar-refractivity contribution is 6.30. The smallest absolute Gasteiger partial charge is 0.266 e. The van der Waals surface area contributed by atoms with Crippen LogP contribution in [0.1, 0.15) is 5.69 Å². The van der Waals surface area contributed by atoms with Crippen LogP contribution >= 0.6 is 11.6 Å². The number of pyridine rings is 1. The molecule has 0 aliphatic rings. The third kappa shape index (κ3) is 3.09. The van der Waals surface area contributed by atoms with Crippen LogP contribution in [0.25, 0.3) is 33.4 Å². The number of hydrogen-bond donors (Lipinski definition) is 0. The molecule has 5 aromatic rings. The van der Waals surface area contributed by atoms with Crippen molar-refractivity contribution in [1.29, 1.82) is 0 Å². The lowest BCUT2D eigenvalue weighted by Gasteiger charge is -2.12. The molecule has 2 aromatic carbocycles. The quantitative estimate of drug-likeness (QED) is 0.401. The van der Waals surface area contributed by atoms with Crippen molar-refractivity contribution in [3.63, 3.8) is 0 Å². The summed E-state index contributed by atoms with van der Waals surface area (Å²) in [5.41, 5.74) is 4.37. The average Bonchev–Trinajstić information content (AvgIpc) is 3.15. The first-order chi connectivity index (χ1) is 15.5. The molecule has 0 spiro atoms. The number of hydrogen-bond acceptors (Lipinski definition) is 5. The van der Waals surface area contributed by atoms with Crippen molar-refractivity contribution in [2.24, 2.45) is 0 Å². The zero-order chi connectivity index (χ0) is 22.4. The number of methoxy groups -OCH3 is 2. The summed E-state index contributed by atoms with van der Waals surface area (Å²) in [4.78, 5) is 18.0. The SMILES string of the molecule is COc1ccc(-c2c(C)nn3c2ncc2c(=O)n(-c4cc(Cl)ccc4OC)ccc23)cc1. The summed E-state index contributed by atoms with van der Waals surface area (Å²) < 4.78 is 13.9. The summed E-state index contributed by atoms with van der Waals surface area (Å²) in [5.74, 6) is 1.32. The minimum absolute atomic E-state index is 0.239. The van der Waals surface area contributed by atoms with Gasteiger partial charge in [-0.15, -0.1) is 0 Å². The molecule has 0 unspecified atom stereocenters. The molecule has 0 fully saturated rings. The summed E-state index contributed by atoms with van der Waals surface area (Å²) in [6, 6.07) is 14.7. The standard InChI is InChI=1S/C24H19ClN4O3/c1-14-22(15-4-7-17(31-2)8-5-15)23-26-13-18-19(29(23)27-14)10-11-28(24(18)30)20-12-16(25)6-9-21(20)32-3/h4-13H,1-3H3. The predicted molar refractivity (Wildman–Crippen MR) is 124 cm³/mol. The van der Waals surface area contributed by atoms with Gasteiger partial charge in [-0.1, -0.05) is 23.7 Å². The fourth-order valence-corrected chi connectivity index (χ4v) is 4.08. The number of nitrogens with zero attached hydrogens (tertiary/aromatic N) is 4. The molecule has 3 aromatic heterocycles. The Hall–Kier alpha value is -3.84. The van der Waals surface area contributed by atoms with Crippen molar-refractivity contribution in [2.45, 2.75) is 6.92 Å². The van der Waals surface area contributed by atoms with E-state index < -0.39 is 0 Å². The average molecular weight is 447 g/mol. The van der Waals surface area contributed by atoms with Gasteiger partial charge >= 0.3 is 0 Å². The Morgan fingerprint density at radius 3 is 2.50 bits per heavy atom. The van der Waals surface area contributed by atoms with Gasteiger partial charge in [0.15, 0.2) is 5.65 Å². The van der Waals surface area contributed by atoms with Gasteiger partial charge in [0.05, 0.1) is 36.5 Å². The van der Waals surface area contributed by atoms with E-state index in [1.165, 1.54) is 4.57 Å². The zero-order valence-corrected chi connectivity index (χ0v) is 18.4. The number of rotatable bonds is 4. The molecule has 7 nitrogen and oxygen atoms in total. The molecule has 0 N–H and O–H groups in total. The molecule has 0 aliphatic heterocycles. The summed E-state index contributed by atoms with van der Waals surface area (Å²) in [6.07, 6.45) is 3.29. The van der Waals surface area contributed by atoms with E-state index in [9.17, 15) is 4.79 Å². The van der Waals surface area contributed by atoms with E-state index in [-0.39, 0.29) is 5.56 Å². The van der Waals surface area contributed by atoms with Gasteiger partial charge in [0.1, 0.15) is 11.5 Å². The molecule has 32 heavy (non-hydrogen) atoms. The molecule has 5 rings (SSSR count). The summed E-state index contributed by atoms with van der Waals surface area (Å²) >= 11 is 6.16. The van der Waals surface area contributed by atoms with E-state index >= 15 is 0 Å². The van der Waals surface area contributed by atoms with Gasteiger partial charge in [0.2, 0.25) is 0 Å². The highest BCUT2D eigenvalue weighted by Gasteiger charge is 2.17.